The summed E-state index contributed by atoms with van der Waals surface area (Å²) in [4.78, 5) is 5.41. The van der Waals surface area contributed by atoms with E-state index >= 15 is 0 Å². The maximum absolute atomic E-state index is 2.71. The lowest BCUT2D eigenvalue weighted by Gasteiger charge is -2.48. The van der Waals surface area contributed by atoms with Crippen molar-refractivity contribution in [1.29, 1.82) is 0 Å². The van der Waals surface area contributed by atoms with Gasteiger partial charge in [0.25, 0.3) is 6.71 Å². The van der Waals surface area contributed by atoms with Gasteiger partial charge in [0.05, 0.1) is 5.69 Å². The van der Waals surface area contributed by atoms with E-state index in [-0.39, 0.29) is 39.2 Å². The van der Waals surface area contributed by atoms with Crippen molar-refractivity contribution in [1.82, 2.24) is 0 Å². The maximum Gasteiger partial charge on any atom is 0.252 e. The first-order valence-electron chi connectivity index (χ1n) is 28.0. The Labute approximate surface area is 450 Å². The maximum atomic E-state index is 2.71. The van der Waals surface area contributed by atoms with Gasteiger partial charge in [-0.05, 0) is 186 Å². The van der Waals surface area contributed by atoms with E-state index < -0.39 is 0 Å². The van der Waals surface area contributed by atoms with Gasteiger partial charge in [-0.2, -0.15) is 0 Å². The standard InChI is InChI=1S/C72H77BN2/c1-46-38-64-66-65(39-46)75(61-43-52(47-24-18-15-19-25-47)55(67(2,3)4)42-53(61)48-26-20-16-21-27-48)62-40-50(72(13,14)49-28-22-17-23-29-49)30-33-59(62)73(66)60-44-57-58(71(11,12)37-36-70(57,9)10)45-63(60)74(64)51-31-32-54-56(41-51)69(7,8)35-34-68(54,5)6/h15-33,38-45H,34-37H2,1-14H3. The minimum absolute atomic E-state index is 0.0104. The molecule has 0 atom stereocenters. The number of hydrogen-bond donors (Lipinski definition) is 0. The highest BCUT2D eigenvalue weighted by molar-refractivity contribution is 7.00. The van der Waals surface area contributed by atoms with Gasteiger partial charge >= 0.3 is 0 Å². The van der Waals surface area contributed by atoms with Gasteiger partial charge in [0.1, 0.15) is 0 Å². The molecule has 0 saturated heterocycles. The zero-order chi connectivity index (χ0) is 52.8. The molecule has 378 valence electrons. The molecular weight excluding hydrogens is 904 g/mol. The third-order valence-corrected chi connectivity index (χ3v) is 18.9. The fourth-order valence-corrected chi connectivity index (χ4v) is 14.0. The molecule has 0 amide bonds. The molecule has 0 radical (unpaired) electrons. The molecule has 0 fully saturated rings. The lowest BCUT2D eigenvalue weighted by Crippen LogP contribution is -2.62. The Kier molecular flexibility index (Phi) is 11.2. The summed E-state index contributed by atoms with van der Waals surface area (Å²) in [5.74, 6) is 0. The summed E-state index contributed by atoms with van der Waals surface area (Å²) in [5.41, 5.74) is 27.7. The van der Waals surface area contributed by atoms with E-state index in [1.807, 2.05) is 0 Å². The first-order valence-corrected chi connectivity index (χ1v) is 28.0. The molecule has 0 unspecified atom stereocenters. The normalized spacial score (nSPS) is 17.6. The molecule has 0 saturated carbocycles. The topological polar surface area (TPSA) is 6.48 Å². The van der Waals surface area contributed by atoms with E-state index in [0.717, 1.165) is 12.8 Å². The van der Waals surface area contributed by atoms with Crippen LogP contribution in [0.3, 0.4) is 0 Å². The highest BCUT2D eigenvalue weighted by Crippen LogP contribution is 2.54. The van der Waals surface area contributed by atoms with E-state index in [1.165, 1.54) is 130 Å². The average Bonchev–Trinajstić information content (AvgIpc) is 3.40. The van der Waals surface area contributed by atoms with Gasteiger partial charge in [-0.25, -0.2) is 0 Å². The van der Waals surface area contributed by atoms with Gasteiger partial charge in [-0.1, -0.05) is 205 Å². The first-order chi connectivity index (χ1) is 35.5. The Hall–Kier alpha value is -6.58. The second-order valence-electron chi connectivity index (χ2n) is 27.2. The number of hydrogen-bond acceptors (Lipinski definition) is 2. The van der Waals surface area contributed by atoms with Gasteiger partial charge in [-0.3, -0.25) is 0 Å². The summed E-state index contributed by atoms with van der Waals surface area (Å²) in [6.45, 7) is 34.1. The highest BCUT2D eigenvalue weighted by Gasteiger charge is 2.48. The molecule has 8 aromatic carbocycles. The molecule has 8 aromatic rings. The summed E-state index contributed by atoms with van der Waals surface area (Å²) in [7, 11) is 0. The van der Waals surface area contributed by atoms with Gasteiger partial charge in [-0.15, -0.1) is 0 Å². The number of fused-ring (bicyclic) bond motifs is 6. The Morgan fingerprint density at radius 1 is 0.400 bits per heavy atom. The highest BCUT2D eigenvalue weighted by atomic mass is 15.2. The van der Waals surface area contributed by atoms with Crippen LogP contribution in [0.5, 0.6) is 0 Å². The van der Waals surface area contributed by atoms with Crippen LogP contribution in [0.2, 0.25) is 0 Å². The molecule has 3 heteroatoms. The van der Waals surface area contributed by atoms with Crippen LogP contribution < -0.4 is 26.2 Å². The molecule has 2 aliphatic carbocycles. The number of rotatable bonds is 6. The molecule has 0 aromatic heterocycles. The lowest BCUT2D eigenvalue weighted by molar-refractivity contribution is 0.332. The van der Waals surface area contributed by atoms with Crippen LogP contribution in [0.25, 0.3) is 22.3 Å². The molecule has 2 aliphatic heterocycles. The first kappa shape index (κ1) is 49.3. The van der Waals surface area contributed by atoms with Gasteiger partial charge in [0, 0.05) is 39.4 Å². The van der Waals surface area contributed by atoms with Crippen molar-refractivity contribution in [2.24, 2.45) is 0 Å². The largest absolute Gasteiger partial charge is 0.311 e. The smallest absolute Gasteiger partial charge is 0.252 e. The minimum atomic E-state index is -0.266. The second kappa shape index (κ2) is 17.0. The van der Waals surface area contributed by atoms with Crippen molar-refractivity contribution >= 4 is 57.2 Å². The Morgan fingerprint density at radius 3 is 1.49 bits per heavy atom. The number of nitrogens with zero attached hydrogens (tertiary/aromatic N) is 2. The van der Waals surface area contributed by atoms with Crippen molar-refractivity contribution in [3.8, 4) is 22.3 Å². The molecule has 2 heterocycles. The Bertz CT molecular complexity index is 3570. The van der Waals surface area contributed by atoms with E-state index in [1.54, 1.807) is 0 Å². The number of anilines is 6. The van der Waals surface area contributed by atoms with Crippen LogP contribution >= 0.6 is 0 Å². The number of aryl methyl sites for hydroxylation is 1. The summed E-state index contributed by atoms with van der Waals surface area (Å²) < 4.78 is 0. The Balaban J connectivity index is 1.23. The van der Waals surface area contributed by atoms with Crippen molar-refractivity contribution in [3.63, 3.8) is 0 Å². The zero-order valence-corrected chi connectivity index (χ0v) is 47.4. The van der Waals surface area contributed by atoms with Gasteiger partial charge in [0.2, 0.25) is 0 Å². The van der Waals surface area contributed by atoms with Crippen LogP contribution in [0, 0.1) is 6.92 Å². The van der Waals surface area contributed by atoms with E-state index in [4.69, 9.17) is 0 Å². The molecule has 4 aliphatic rings. The molecule has 0 spiro atoms. The summed E-state index contributed by atoms with van der Waals surface area (Å²) in [5, 5.41) is 0. The van der Waals surface area contributed by atoms with E-state index in [0.29, 0.717) is 0 Å². The van der Waals surface area contributed by atoms with E-state index in [2.05, 4.69) is 271 Å². The third kappa shape index (κ3) is 7.88. The molecule has 12 rings (SSSR count). The fraction of sp³-hybridized carbons (Fsp3) is 0.333. The predicted molar refractivity (Wildman–Crippen MR) is 324 cm³/mol. The summed E-state index contributed by atoms with van der Waals surface area (Å²) >= 11 is 0. The molecule has 0 N–H and O–H groups in total. The lowest BCUT2D eigenvalue weighted by atomic mass is 9.33. The van der Waals surface area contributed by atoms with Gasteiger partial charge < -0.3 is 9.80 Å². The predicted octanol–water partition coefficient (Wildman–Crippen LogP) is 17.7. The summed E-state index contributed by atoms with van der Waals surface area (Å²) in [6.07, 6.45) is 4.69. The molecule has 2 nitrogen and oxygen atoms in total. The van der Waals surface area contributed by atoms with E-state index in [9.17, 15) is 0 Å². The molecule has 75 heavy (non-hydrogen) atoms. The quantitative estimate of drug-likeness (QED) is 0.153. The van der Waals surface area contributed by atoms with Crippen LogP contribution in [-0.2, 0) is 32.5 Å². The van der Waals surface area contributed by atoms with Crippen molar-refractivity contribution in [3.05, 3.63) is 208 Å². The van der Waals surface area contributed by atoms with Crippen molar-refractivity contribution in [2.75, 3.05) is 9.80 Å². The zero-order valence-electron chi connectivity index (χ0n) is 47.4. The van der Waals surface area contributed by atoms with Crippen LogP contribution in [-0.4, -0.2) is 6.71 Å². The van der Waals surface area contributed by atoms with Crippen LogP contribution in [0.15, 0.2) is 164 Å². The van der Waals surface area contributed by atoms with Crippen molar-refractivity contribution in [2.45, 2.75) is 155 Å². The molecular formula is C72H77BN2. The van der Waals surface area contributed by atoms with Crippen LogP contribution in [0.4, 0.5) is 34.1 Å². The third-order valence-electron chi connectivity index (χ3n) is 18.9. The van der Waals surface area contributed by atoms with Crippen molar-refractivity contribution < 1.29 is 0 Å². The van der Waals surface area contributed by atoms with Gasteiger partial charge in [0.15, 0.2) is 0 Å². The minimum Gasteiger partial charge on any atom is -0.311 e. The van der Waals surface area contributed by atoms with Crippen LogP contribution in [0.1, 0.15) is 160 Å². The number of benzene rings is 8. The SMILES string of the molecule is Cc1cc2c3c(c1)N(c1cc(-c4ccccc4)c(C(C)(C)C)cc1-c1ccccc1)c1cc(C(C)(C)c4ccccc4)ccc1B3c1cc3c(cc1N2c1ccc2c(c1)C(C)(C)CCC2(C)C)C(C)(C)CCC3(C)C. The summed E-state index contributed by atoms with van der Waals surface area (Å²) in [6, 6.07) is 64.0. The Morgan fingerprint density at radius 2 is 0.907 bits per heavy atom. The monoisotopic (exact) mass is 981 g/mol. The fourth-order valence-electron chi connectivity index (χ4n) is 14.0. The second-order valence-corrected chi connectivity index (χ2v) is 27.2. The average molecular weight is 981 g/mol. The molecule has 0 bridgehead atoms.